The summed E-state index contributed by atoms with van der Waals surface area (Å²) in [6, 6.07) is 16.8. The average molecular weight is 651 g/mol. The van der Waals surface area contributed by atoms with Crippen LogP contribution in [0.25, 0.3) is 0 Å². The van der Waals surface area contributed by atoms with Crippen molar-refractivity contribution in [1.29, 1.82) is 0 Å². The Labute approximate surface area is 275 Å². The number of aromatic nitrogens is 1. The van der Waals surface area contributed by atoms with Crippen LogP contribution < -0.4 is 16.0 Å². The van der Waals surface area contributed by atoms with Gasteiger partial charge >= 0.3 is 6.09 Å². The predicted molar refractivity (Wildman–Crippen MR) is 177 cm³/mol. The van der Waals surface area contributed by atoms with Gasteiger partial charge in [0.05, 0.1) is 12.6 Å². The Balaban J connectivity index is 1.48. The van der Waals surface area contributed by atoms with Gasteiger partial charge in [0, 0.05) is 18.0 Å². The Morgan fingerprint density at radius 2 is 1.59 bits per heavy atom. The number of hydrogen-bond donors (Lipinski definition) is 4. The number of aliphatic hydroxyl groups excluding tert-OH is 1. The van der Waals surface area contributed by atoms with Crippen molar-refractivity contribution in [2.45, 2.75) is 89.8 Å². The molecule has 11 heteroatoms. The highest BCUT2D eigenvalue weighted by Gasteiger charge is 2.33. The van der Waals surface area contributed by atoms with Gasteiger partial charge in [0.1, 0.15) is 23.8 Å². The van der Waals surface area contributed by atoms with Crippen LogP contribution in [0.15, 0.2) is 72.2 Å². The van der Waals surface area contributed by atoms with E-state index in [1.807, 2.05) is 74.5 Å². The van der Waals surface area contributed by atoms with Crippen LogP contribution in [0.2, 0.25) is 0 Å². The summed E-state index contributed by atoms with van der Waals surface area (Å²) < 4.78 is 11.3. The van der Waals surface area contributed by atoms with Crippen molar-refractivity contribution >= 4 is 29.2 Å². The molecule has 46 heavy (non-hydrogen) atoms. The van der Waals surface area contributed by atoms with Crippen LogP contribution >= 0.6 is 11.3 Å². The number of carbonyl (C=O) groups is 3. The number of rotatable bonds is 16. The van der Waals surface area contributed by atoms with Gasteiger partial charge in [-0.05, 0) is 29.4 Å². The lowest BCUT2D eigenvalue weighted by Gasteiger charge is -2.31. The summed E-state index contributed by atoms with van der Waals surface area (Å²) in [5.74, 6) is -0.735. The van der Waals surface area contributed by atoms with Crippen LogP contribution in [-0.4, -0.2) is 52.9 Å². The molecule has 0 radical (unpaired) electrons. The molecule has 1 saturated carbocycles. The zero-order valence-electron chi connectivity index (χ0n) is 26.6. The van der Waals surface area contributed by atoms with Crippen molar-refractivity contribution < 1.29 is 29.0 Å². The number of carbonyl (C=O) groups excluding carboxylic acids is 3. The van der Waals surface area contributed by atoms with Crippen molar-refractivity contribution in [2.24, 2.45) is 11.8 Å². The van der Waals surface area contributed by atoms with E-state index in [2.05, 4.69) is 20.9 Å². The maximum Gasteiger partial charge on any atom is 0.408 e. The molecule has 1 fully saturated rings. The molecule has 10 nitrogen and oxygen atoms in total. The van der Waals surface area contributed by atoms with Gasteiger partial charge in [0.2, 0.25) is 12.1 Å². The predicted octanol–water partition coefficient (Wildman–Crippen LogP) is 5.28. The number of thiazole rings is 1. The summed E-state index contributed by atoms with van der Waals surface area (Å²) in [6.45, 7) is 4.13. The molecule has 4 rings (SSSR count). The maximum atomic E-state index is 13.8. The van der Waals surface area contributed by atoms with Gasteiger partial charge in [-0.2, -0.15) is 0 Å². The Bertz CT molecular complexity index is 1340. The van der Waals surface area contributed by atoms with Crippen LogP contribution in [-0.2, 0) is 32.1 Å². The summed E-state index contributed by atoms with van der Waals surface area (Å²) in [4.78, 5) is 44.6. The van der Waals surface area contributed by atoms with E-state index in [1.165, 1.54) is 17.8 Å². The zero-order valence-corrected chi connectivity index (χ0v) is 27.4. The fourth-order valence-electron chi connectivity index (χ4n) is 5.53. The van der Waals surface area contributed by atoms with E-state index in [1.54, 1.807) is 11.6 Å². The fourth-order valence-corrected chi connectivity index (χ4v) is 6.21. The number of amides is 3. The van der Waals surface area contributed by atoms with Gasteiger partial charge in [-0.25, -0.2) is 9.78 Å². The first kappa shape index (κ1) is 35.1. The van der Waals surface area contributed by atoms with E-state index >= 15 is 0 Å². The molecule has 3 aromatic rings. The first-order valence-corrected chi connectivity index (χ1v) is 17.0. The minimum atomic E-state index is -1.35. The number of alkyl carbamates (subject to hydrolysis) is 1. The van der Waals surface area contributed by atoms with Crippen molar-refractivity contribution in [3.05, 3.63) is 88.4 Å². The molecule has 4 atom stereocenters. The van der Waals surface area contributed by atoms with Crippen LogP contribution in [0.4, 0.5) is 4.79 Å². The van der Waals surface area contributed by atoms with Crippen LogP contribution in [0, 0.1) is 11.8 Å². The first-order valence-electron chi connectivity index (χ1n) is 16.1. The Kier molecular flexibility index (Phi) is 14.0. The Morgan fingerprint density at radius 3 is 2.22 bits per heavy atom. The molecular weight excluding hydrogens is 604 g/mol. The third-order valence-electron chi connectivity index (χ3n) is 7.94. The summed E-state index contributed by atoms with van der Waals surface area (Å²) in [7, 11) is 0. The Morgan fingerprint density at radius 1 is 0.913 bits per heavy atom. The number of nitrogens with one attached hydrogen (secondary N) is 3. The first-order chi connectivity index (χ1) is 22.3. The minimum Gasteiger partial charge on any atom is -0.445 e. The van der Waals surface area contributed by atoms with Gasteiger partial charge in [0.25, 0.3) is 5.91 Å². The molecule has 2 aromatic carbocycles. The third kappa shape index (κ3) is 11.5. The number of benzene rings is 2. The summed E-state index contributed by atoms with van der Waals surface area (Å²) in [5.41, 5.74) is 1.62. The monoisotopic (exact) mass is 650 g/mol. The van der Waals surface area contributed by atoms with Gasteiger partial charge < -0.3 is 30.5 Å². The summed E-state index contributed by atoms with van der Waals surface area (Å²) in [5, 5.41) is 21.9. The number of aliphatic hydroxyl groups is 1. The largest absolute Gasteiger partial charge is 0.445 e. The lowest BCUT2D eigenvalue weighted by atomic mass is 9.83. The van der Waals surface area contributed by atoms with Gasteiger partial charge in [-0.3, -0.25) is 9.59 Å². The van der Waals surface area contributed by atoms with E-state index in [-0.39, 0.29) is 25.6 Å². The topological polar surface area (TPSA) is 139 Å². The van der Waals surface area contributed by atoms with E-state index < -0.39 is 42.3 Å². The summed E-state index contributed by atoms with van der Waals surface area (Å²) in [6.07, 6.45) is 4.77. The Hall–Kier alpha value is -3.80. The lowest BCUT2D eigenvalue weighted by molar-refractivity contribution is -0.143. The zero-order chi connectivity index (χ0) is 32.7. The van der Waals surface area contributed by atoms with E-state index in [0.29, 0.717) is 17.3 Å². The van der Waals surface area contributed by atoms with E-state index in [0.717, 1.165) is 36.8 Å². The van der Waals surface area contributed by atoms with Crippen LogP contribution in [0.3, 0.4) is 0 Å². The fraction of sp³-hybridized carbons (Fsp3) is 0.486. The van der Waals surface area contributed by atoms with Gasteiger partial charge in [0.15, 0.2) is 0 Å². The molecule has 1 aliphatic carbocycles. The normalized spacial score (nSPS) is 16.2. The van der Waals surface area contributed by atoms with Crippen molar-refractivity contribution in [1.82, 2.24) is 20.9 Å². The quantitative estimate of drug-likeness (QED) is 0.155. The minimum absolute atomic E-state index is 0.0404. The number of nitrogens with zero attached hydrogens (tertiary/aromatic N) is 1. The smallest absolute Gasteiger partial charge is 0.408 e. The van der Waals surface area contributed by atoms with E-state index in [9.17, 15) is 19.5 Å². The second-order valence-electron chi connectivity index (χ2n) is 12.2. The second-order valence-corrected chi connectivity index (χ2v) is 13.2. The highest BCUT2D eigenvalue weighted by atomic mass is 32.1. The molecule has 1 aliphatic rings. The molecule has 248 valence electrons. The molecule has 0 aliphatic heterocycles. The molecule has 1 heterocycles. The van der Waals surface area contributed by atoms with Crippen molar-refractivity contribution in [3.63, 3.8) is 0 Å². The molecule has 3 amide bonds. The number of hydrogen-bond acceptors (Lipinski definition) is 8. The molecule has 0 saturated heterocycles. The highest BCUT2D eigenvalue weighted by molar-refractivity contribution is 7.09. The standard InChI is InChI=1S/C35H46N4O6S/c1-24(2)22-44-33(32(42)37-28(20-25-12-6-3-7-13-25)30(40)34-36-18-19-46-34)39-31(41)29(21-26-14-8-4-9-15-26)38-35(43)45-23-27-16-10-5-11-17-27/h4-5,8-11,14-19,24-25,28-30,33,40H,3,6-7,12-13,20-23H2,1-2H3,(H,37,42)(H,38,43)(H,39,41)/t28-,29?,30+,33?/m0/s1. The van der Waals surface area contributed by atoms with Gasteiger partial charge in [-0.1, -0.05) is 107 Å². The highest BCUT2D eigenvalue weighted by Crippen LogP contribution is 2.31. The van der Waals surface area contributed by atoms with Gasteiger partial charge in [-0.15, -0.1) is 11.3 Å². The lowest BCUT2D eigenvalue weighted by Crippen LogP contribution is -2.57. The van der Waals surface area contributed by atoms with E-state index in [4.69, 9.17) is 9.47 Å². The second kappa shape index (κ2) is 18.4. The molecule has 0 spiro atoms. The molecular formula is C35H46N4O6S. The SMILES string of the molecule is CC(C)COC(NC(=O)C(Cc1ccccc1)NC(=O)OCc1ccccc1)C(=O)N[C@@H](CC1CCCCC1)[C@@H](O)c1nccs1. The van der Waals surface area contributed by atoms with Crippen molar-refractivity contribution in [3.8, 4) is 0 Å². The molecule has 0 bridgehead atoms. The van der Waals surface area contributed by atoms with Crippen molar-refractivity contribution in [2.75, 3.05) is 6.61 Å². The average Bonchev–Trinajstić information content (AvgIpc) is 3.61. The van der Waals surface area contributed by atoms with Crippen LogP contribution in [0.1, 0.15) is 74.6 Å². The number of ether oxygens (including phenoxy) is 2. The summed E-state index contributed by atoms with van der Waals surface area (Å²) >= 11 is 1.33. The molecule has 1 aromatic heterocycles. The maximum absolute atomic E-state index is 13.8. The third-order valence-corrected chi connectivity index (χ3v) is 8.78. The van der Waals surface area contributed by atoms with Crippen LogP contribution in [0.5, 0.6) is 0 Å². The molecule has 4 N–H and O–H groups in total. The molecule has 2 unspecified atom stereocenters.